The average molecular weight is 300 g/mol. The number of nitrogens with zero attached hydrogens (tertiary/aromatic N) is 1. The summed E-state index contributed by atoms with van der Waals surface area (Å²) in [7, 11) is 0. The van der Waals surface area contributed by atoms with Crippen molar-refractivity contribution in [1.29, 1.82) is 0 Å². The van der Waals surface area contributed by atoms with Crippen LogP contribution in [-0.4, -0.2) is 34.0 Å². The third-order valence-electron chi connectivity index (χ3n) is 3.73. The van der Waals surface area contributed by atoms with E-state index in [0.29, 0.717) is 18.5 Å². The zero-order chi connectivity index (χ0) is 15.5. The van der Waals surface area contributed by atoms with Crippen LogP contribution in [0.1, 0.15) is 41.0 Å². The van der Waals surface area contributed by atoms with Crippen LogP contribution in [0.3, 0.4) is 0 Å². The van der Waals surface area contributed by atoms with Gasteiger partial charge in [-0.3, -0.25) is 24.8 Å². The molecule has 0 radical (unpaired) electrons. The SMILES string of the molecule is O=C1CCC(NC(=O)c2n[nH]c3c2CC/C=C\C=C/3)C(=O)N1. The van der Waals surface area contributed by atoms with E-state index in [-0.39, 0.29) is 12.3 Å². The number of fused-ring (bicyclic) bond motifs is 1. The topological polar surface area (TPSA) is 104 Å². The van der Waals surface area contributed by atoms with Gasteiger partial charge in [0.15, 0.2) is 5.69 Å². The van der Waals surface area contributed by atoms with E-state index in [4.69, 9.17) is 0 Å². The molecular weight excluding hydrogens is 284 g/mol. The number of rotatable bonds is 2. The Balaban J connectivity index is 1.76. The third-order valence-corrected chi connectivity index (χ3v) is 3.73. The molecule has 1 unspecified atom stereocenters. The fraction of sp³-hybridized carbons (Fsp3) is 0.333. The van der Waals surface area contributed by atoms with Gasteiger partial charge in [0.05, 0.1) is 5.69 Å². The number of H-pyrrole nitrogens is 1. The highest BCUT2D eigenvalue weighted by atomic mass is 16.2. The van der Waals surface area contributed by atoms with Gasteiger partial charge in [0.25, 0.3) is 5.91 Å². The van der Waals surface area contributed by atoms with Gasteiger partial charge in [-0.15, -0.1) is 0 Å². The van der Waals surface area contributed by atoms with Gasteiger partial charge < -0.3 is 5.32 Å². The van der Waals surface area contributed by atoms with Gasteiger partial charge in [-0.25, -0.2) is 0 Å². The number of aromatic amines is 1. The number of amides is 3. The fourth-order valence-corrected chi connectivity index (χ4v) is 2.57. The van der Waals surface area contributed by atoms with Gasteiger partial charge in [0.1, 0.15) is 6.04 Å². The van der Waals surface area contributed by atoms with Crippen molar-refractivity contribution >= 4 is 23.8 Å². The van der Waals surface area contributed by atoms with Gasteiger partial charge in [-0.05, 0) is 25.3 Å². The van der Waals surface area contributed by atoms with Crippen molar-refractivity contribution in [2.24, 2.45) is 0 Å². The molecule has 0 spiro atoms. The summed E-state index contributed by atoms with van der Waals surface area (Å²) >= 11 is 0. The Hall–Kier alpha value is -2.70. The summed E-state index contributed by atoms with van der Waals surface area (Å²) in [5.74, 6) is -1.17. The molecular formula is C15H16N4O3. The molecule has 1 aliphatic carbocycles. The van der Waals surface area contributed by atoms with E-state index in [2.05, 4.69) is 20.8 Å². The van der Waals surface area contributed by atoms with Crippen LogP contribution in [0.25, 0.3) is 6.08 Å². The zero-order valence-corrected chi connectivity index (χ0v) is 11.9. The van der Waals surface area contributed by atoms with Gasteiger partial charge in [-0.2, -0.15) is 5.10 Å². The molecule has 22 heavy (non-hydrogen) atoms. The number of allylic oxidation sites excluding steroid dienone is 3. The lowest BCUT2D eigenvalue weighted by atomic mass is 10.0. The van der Waals surface area contributed by atoms with Crippen molar-refractivity contribution in [3.05, 3.63) is 35.2 Å². The van der Waals surface area contributed by atoms with E-state index in [9.17, 15) is 14.4 Å². The Bertz CT molecular complexity index is 687. The molecule has 0 aromatic carbocycles. The molecule has 7 heteroatoms. The van der Waals surface area contributed by atoms with Crippen molar-refractivity contribution in [2.75, 3.05) is 0 Å². The molecule has 2 aliphatic rings. The van der Waals surface area contributed by atoms with Crippen molar-refractivity contribution in [3.63, 3.8) is 0 Å². The monoisotopic (exact) mass is 300 g/mol. The van der Waals surface area contributed by atoms with Gasteiger partial charge >= 0.3 is 0 Å². The molecule has 1 aliphatic heterocycles. The van der Waals surface area contributed by atoms with E-state index < -0.39 is 17.9 Å². The molecule has 1 aromatic rings. The number of piperidine rings is 1. The Kier molecular flexibility index (Phi) is 3.86. The minimum absolute atomic E-state index is 0.225. The maximum absolute atomic E-state index is 12.4. The standard InChI is InChI=1S/C15H16N4O3/c20-12-8-7-11(14(21)17-12)16-15(22)13-9-5-3-1-2-4-6-10(9)18-19-13/h1-2,4,6,11H,3,5,7-8H2,(H,16,22)(H,18,19)(H,17,20,21)/b2-1-,6-4-. The Labute approximate surface area is 126 Å². The van der Waals surface area contributed by atoms with E-state index >= 15 is 0 Å². The maximum atomic E-state index is 12.4. The summed E-state index contributed by atoms with van der Waals surface area (Å²) < 4.78 is 0. The lowest BCUT2D eigenvalue weighted by Crippen LogP contribution is -2.52. The molecule has 1 aromatic heterocycles. The van der Waals surface area contributed by atoms with Crippen LogP contribution < -0.4 is 10.6 Å². The molecule has 0 bridgehead atoms. The summed E-state index contributed by atoms with van der Waals surface area (Å²) in [6.07, 6.45) is 9.77. The van der Waals surface area contributed by atoms with E-state index in [1.807, 2.05) is 24.3 Å². The molecule has 3 rings (SSSR count). The minimum Gasteiger partial charge on any atom is -0.339 e. The molecule has 1 atom stereocenters. The van der Waals surface area contributed by atoms with Gasteiger partial charge in [-0.1, -0.05) is 18.2 Å². The number of hydrogen-bond donors (Lipinski definition) is 3. The Morgan fingerprint density at radius 1 is 1.27 bits per heavy atom. The first kappa shape index (κ1) is 14.2. The van der Waals surface area contributed by atoms with Crippen LogP contribution in [0.4, 0.5) is 0 Å². The first-order chi connectivity index (χ1) is 10.6. The number of imide groups is 1. The lowest BCUT2D eigenvalue weighted by molar-refractivity contribution is -0.134. The second-order valence-corrected chi connectivity index (χ2v) is 5.27. The molecule has 0 saturated carbocycles. The largest absolute Gasteiger partial charge is 0.339 e. The highest BCUT2D eigenvalue weighted by molar-refractivity contribution is 6.03. The molecule has 114 valence electrons. The van der Waals surface area contributed by atoms with Crippen molar-refractivity contribution in [1.82, 2.24) is 20.8 Å². The van der Waals surface area contributed by atoms with Crippen LogP contribution >= 0.6 is 0 Å². The first-order valence-corrected chi connectivity index (χ1v) is 7.20. The van der Waals surface area contributed by atoms with Crippen LogP contribution in [0.2, 0.25) is 0 Å². The summed E-state index contributed by atoms with van der Waals surface area (Å²) in [6.45, 7) is 0. The van der Waals surface area contributed by atoms with Crippen molar-refractivity contribution in [3.8, 4) is 0 Å². The number of carbonyl (C=O) groups excluding carboxylic acids is 3. The third kappa shape index (κ3) is 2.83. The highest BCUT2D eigenvalue weighted by Crippen LogP contribution is 2.18. The van der Waals surface area contributed by atoms with Crippen LogP contribution in [0.15, 0.2) is 18.2 Å². The van der Waals surface area contributed by atoms with Gasteiger partial charge in [0.2, 0.25) is 11.8 Å². The molecule has 7 nitrogen and oxygen atoms in total. The molecule has 3 N–H and O–H groups in total. The van der Waals surface area contributed by atoms with E-state index in [0.717, 1.165) is 17.7 Å². The summed E-state index contributed by atoms with van der Waals surface area (Å²) in [4.78, 5) is 35.2. The maximum Gasteiger partial charge on any atom is 0.272 e. The first-order valence-electron chi connectivity index (χ1n) is 7.20. The second-order valence-electron chi connectivity index (χ2n) is 5.27. The summed E-state index contributed by atoms with van der Waals surface area (Å²) in [5, 5.41) is 11.8. The van der Waals surface area contributed by atoms with E-state index in [1.165, 1.54) is 0 Å². The summed E-state index contributed by atoms with van der Waals surface area (Å²) in [6, 6.07) is -0.693. The number of aromatic nitrogens is 2. The number of nitrogens with one attached hydrogen (secondary N) is 3. The molecule has 1 fully saturated rings. The second kappa shape index (κ2) is 5.97. The smallest absolute Gasteiger partial charge is 0.272 e. The highest BCUT2D eigenvalue weighted by Gasteiger charge is 2.29. The van der Waals surface area contributed by atoms with Crippen molar-refractivity contribution in [2.45, 2.75) is 31.7 Å². The van der Waals surface area contributed by atoms with Gasteiger partial charge in [0, 0.05) is 12.0 Å². The zero-order valence-electron chi connectivity index (χ0n) is 11.9. The van der Waals surface area contributed by atoms with Crippen LogP contribution in [0, 0.1) is 0 Å². The quantitative estimate of drug-likeness (QED) is 0.690. The summed E-state index contributed by atoms with van der Waals surface area (Å²) in [5.41, 5.74) is 1.95. The predicted octanol–water partition coefficient (Wildman–Crippen LogP) is 0.460. The van der Waals surface area contributed by atoms with E-state index in [1.54, 1.807) is 0 Å². The predicted molar refractivity (Wildman–Crippen MR) is 78.7 cm³/mol. The minimum atomic E-state index is -0.693. The average Bonchev–Trinajstić information content (AvgIpc) is 2.84. The van der Waals surface area contributed by atoms with Crippen LogP contribution in [-0.2, 0) is 16.0 Å². The molecule has 3 amide bonds. The normalized spacial score (nSPS) is 23.7. The lowest BCUT2D eigenvalue weighted by Gasteiger charge is -2.21. The van der Waals surface area contributed by atoms with Crippen molar-refractivity contribution < 1.29 is 14.4 Å². The number of hydrogen-bond acceptors (Lipinski definition) is 4. The number of carbonyl (C=O) groups is 3. The van der Waals surface area contributed by atoms with Crippen LogP contribution in [0.5, 0.6) is 0 Å². The molecule has 1 saturated heterocycles. The molecule has 2 heterocycles. The fourth-order valence-electron chi connectivity index (χ4n) is 2.57. The Morgan fingerprint density at radius 3 is 2.95 bits per heavy atom. The Morgan fingerprint density at radius 2 is 2.14 bits per heavy atom.